The maximum atomic E-state index is 14.1. The van der Waals surface area contributed by atoms with E-state index in [0.29, 0.717) is 5.56 Å². The molecular formula is C18H23FN2. The molecule has 0 radical (unpaired) electrons. The van der Waals surface area contributed by atoms with E-state index in [-0.39, 0.29) is 5.82 Å². The summed E-state index contributed by atoms with van der Waals surface area (Å²) in [5.74, 6) is -0.174. The zero-order chi connectivity index (χ0) is 15.2. The lowest BCUT2D eigenvalue weighted by atomic mass is 10.0. The Balaban J connectivity index is 2.23. The van der Waals surface area contributed by atoms with E-state index in [1.807, 2.05) is 55.4 Å². The fourth-order valence-electron chi connectivity index (χ4n) is 2.25. The van der Waals surface area contributed by atoms with Gasteiger partial charge in [0.25, 0.3) is 0 Å². The van der Waals surface area contributed by atoms with Gasteiger partial charge in [-0.1, -0.05) is 25.1 Å². The highest BCUT2D eigenvalue weighted by Crippen LogP contribution is 2.26. The van der Waals surface area contributed by atoms with E-state index in [1.54, 1.807) is 6.07 Å². The predicted octanol–water partition coefficient (Wildman–Crippen LogP) is 4.06. The molecule has 3 heteroatoms. The third-order valence-corrected chi connectivity index (χ3v) is 3.48. The molecule has 2 nitrogen and oxygen atoms in total. The SMILES string of the molecule is CCCNCc1ccc(F)c(-c2ccc(N(C)C)cc2)c1. The molecule has 0 atom stereocenters. The van der Waals surface area contributed by atoms with Crippen molar-refractivity contribution in [3.63, 3.8) is 0 Å². The second-order valence-electron chi connectivity index (χ2n) is 5.43. The highest BCUT2D eigenvalue weighted by molar-refractivity contribution is 5.67. The summed E-state index contributed by atoms with van der Waals surface area (Å²) in [4.78, 5) is 2.03. The second kappa shape index (κ2) is 7.23. The lowest BCUT2D eigenvalue weighted by molar-refractivity contribution is 0.628. The van der Waals surface area contributed by atoms with Crippen LogP contribution in [0.1, 0.15) is 18.9 Å². The van der Waals surface area contributed by atoms with Gasteiger partial charge in [-0.05, 0) is 48.4 Å². The van der Waals surface area contributed by atoms with Crippen LogP contribution in [0.2, 0.25) is 0 Å². The molecular weight excluding hydrogens is 263 g/mol. The van der Waals surface area contributed by atoms with Gasteiger partial charge < -0.3 is 10.2 Å². The first-order valence-corrected chi connectivity index (χ1v) is 7.38. The molecule has 0 unspecified atom stereocenters. The van der Waals surface area contributed by atoms with Crippen molar-refractivity contribution in [3.05, 3.63) is 53.8 Å². The van der Waals surface area contributed by atoms with Crippen molar-refractivity contribution in [2.45, 2.75) is 19.9 Å². The maximum absolute atomic E-state index is 14.1. The highest BCUT2D eigenvalue weighted by atomic mass is 19.1. The van der Waals surface area contributed by atoms with Gasteiger partial charge in [0, 0.05) is 31.9 Å². The van der Waals surface area contributed by atoms with Gasteiger partial charge in [0.1, 0.15) is 5.82 Å². The number of benzene rings is 2. The first-order chi connectivity index (χ1) is 10.1. The van der Waals surface area contributed by atoms with Crippen LogP contribution in [0.3, 0.4) is 0 Å². The summed E-state index contributed by atoms with van der Waals surface area (Å²) < 4.78 is 14.1. The van der Waals surface area contributed by atoms with E-state index in [9.17, 15) is 4.39 Å². The monoisotopic (exact) mass is 286 g/mol. The minimum atomic E-state index is -0.174. The molecule has 0 aliphatic carbocycles. The fraction of sp³-hybridized carbons (Fsp3) is 0.333. The van der Waals surface area contributed by atoms with Crippen LogP contribution < -0.4 is 10.2 Å². The van der Waals surface area contributed by atoms with Crippen molar-refractivity contribution >= 4 is 5.69 Å². The number of anilines is 1. The van der Waals surface area contributed by atoms with Gasteiger partial charge in [0.15, 0.2) is 0 Å². The number of hydrogen-bond acceptors (Lipinski definition) is 2. The van der Waals surface area contributed by atoms with Gasteiger partial charge in [-0.2, -0.15) is 0 Å². The molecule has 0 aromatic heterocycles. The van der Waals surface area contributed by atoms with Crippen molar-refractivity contribution in [2.24, 2.45) is 0 Å². The third-order valence-electron chi connectivity index (χ3n) is 3.48. The van der Waals surface area contributed by atoms with Crippen LogP contribution in [0.25, 0.3) is 11.1 Å². The van der Waals surface area contributed by atoms with E-state index in [0.717, 1.165) is 36.3 Å². The third kappa shape index (κ3) is 4.05. The number of rotatable bonds is 6. The Morgan fingerprint density at radius 2 is 1.76 bits per heavy atom. The van der Waals surface area contributed by atoms with Crippen molar-refractivity contribution in [2.75, 3.05) is 25.5 Å². The average molecular weight is 286 g/mol. The van der Waals surface area contributed by atoms with Crippen LogP contribution in [-0.4, -0.2) is 20.6 Å². The van der Waals surface area contributed by atoms with Crippen LogP contribution in [0.4, 0.5) is 10.1 Å². The highest BCUT2D eigenvalue weighted by Gasteiger charge is 2.07. The summed E-state index contributed by atoms with van der Waals surface area (Å²) in [5, 5.41) is 3.34. The molecule has 0 spiro atoms. The van der Waals surface area contributed by atoms with E-state index >= 15 is 0 Å². The molecule has 0 saturated carbocycles. The van der Waals surface area contributed by atoms with Crippen molar-refractivity contribution in [1.82, 2.24) is 5.32 Å². The Labute approximate surface area is 126 Å². The lowest BCUT2D eigenvalue weighted by Gasteiger charge is -2.13. The first-order valence-electron chi connectivity index (χ1n) is 7.38. The molecule has 21 heavy (non-hydrogen) atoms. The summed E-state index contributed by atoms with van der Waals surface area (Å²) in [6.07, 6.45) is 1.10. The first kappa shape index (κ1) is 15.5. The van der Waals surface area contributed by atoms with Gasteiger partial charge in [-0.3, -0.25) is 0 Å². The summed E-state index contributed by atoms with van der Waals surface area (Å²) in [6, 6.07) is 13.3. The van der Waals surface area contributed by atoms with Gasteiger partial charge in [-0.25, -0.2) is 4.39 Å². The predicted molar refractivity (Wildman–Crippen MR) is 88.2 cm³/mol. The average Bonchev–Trinajstić information content (AvgIpc) is 2.49. The lowest BCUT2D eigenvalue weighted by Crippen LogP contribution is -2.13. The topological polar surface area (TPSA) is 15.3 Å². The molecule has 0 aliphatic rings. The van der Waals surface area contributed by atoms with E-state index in [1.165, 1.54) is 0 Å². The largest absolute Gasteiger partial charge is 0.378 e. The quantitative estimate of drug-likeness (QED) is 0.806. The van der Waals surface area contributed by atoms with E-state index in [4.69, 9.17) is 0 Å². The summed E-state index contributed by atoms with van der Waals surface area (Å²) >= 11 is 0. The van der Waals surface area contributed by atoms with Crippen molar-refractivity contribution < 1.29 is 4.39 Å². The van der Waals surface area contributed by atoms with Gasteiger partial charge in [0.05, 0.1) is 0 Å². The van der Waals surface area contributed by atoms with E-state index in [2.05, 4.69) is 12.2 Å². The second-order valence-corrected chi connectivity index (χ2v) is 5.43. The van der Waals surface area contributed by atoms with Crippen LogP contribution >= 0.6 is 0 Å². The smallest absolute Gasteiger partial charge is 0.131 e. The molecule has 0 aliphatic heterocycles. The Bertz CT molecular complexity index is 576. The molecule has 0 bridgehead atoms. The van der Waals surface area contributed by atoms with Crippen molar-refractivity contribution in [1.29, 1.82) is 0 Å². The number of nitrogens with zero attached hydrogens (tertiary/aromatic N) is 1. The summed E-state index contributed by atoms with van der Waals surface area (Å²) in [6.45, 7) is 3.89. The Morgan fingerprint density at radius 3 is 2.38 bits per heavy atom. The van der Waals surface area contributed by atoms with Crippen LogP contribution in [0.15, 0.2) is 42.5 Å². The fourth-order valence-corrected chi connectivity index (χ4v) is 2.25. The van der Waals surface area contributed by atoms with Gasteiger partial charge in [0.2, 0.25) is 0 Å². The van der Waals surface area contributed by atoms with Crippen LogP contribution in [-0.2, 0) is 6.54 Å². The summed E-state index contributed by atoms with van der Waals surface area (Å²) in [5.41, 5.74) is 3.79. The summed E-state index contributed by atoms with van der Waals surface area (Å²) in [7, 11) is 3.99. The van der Waals surface area contributed by atoms with Crippen LogP contribution in [0, 0.1) is 5.82 Å². The molecule has 0 heterocycles. The van der Waals surface area contributed by atoms with Crippen molar-refractivity contribution in [3.8, 4) is 11.1 Å². The number of hydrogen-bond donors (Lipinski definition) is 1. The minimum absolute atomic E-state index is 0.174. The van der Waals surface area contributed by atoms with Crippen LogP contribution in [0.5, 0.6) is 0 Å². The molecule has 112 valence electrons. The molecule has 2 aromatic rings. The molecule has 2 aromatic carbocycles. The normalized spacial score (nSPS) is 10.7. The maximum Gasteiger partial charge on any atom is 0.131 e. The molecule has 0 fully saturated rings. The molecule has 1 N–H and O–H groups in total. The Morgan fingerprint density at radius 1 is 1.05 bits per heavy atom. The zero-order valence-electron chi connectivity index (χ0n) is 13.0. The molecule has 0 saturated heterocycles. The Kier molecular flexibility index (Phi) is 5.34. The Hall–Kier alpha value is -1.87. The zero-order valence-corrected chi connectivity index (χ0v) is 13.0. The van der Waals surface area contributed by atoms with Gasteiger partial charge >= 0.3 is 0 Å². The number of halogens is 1. The molecule has 0 amide bonds. The van der Waals surface area contributed by atoms with Gasteiger partial charge in [-0.15, -0.1) is 0 Å². The van der Waals surface area contributed by atoms with E-state index < -0.39 is 0 Å². The molecule has 2 rings (SSSR count). The number of nitrogens with one attached hydrogen (secondary N) is 1. The standard InChI is InChI=1S/C18H23FN2/c1-4-11-20-13-14-5-10-18(19)17(12-14)15-6-8-16(9-7-15)21(2)3/h5-10,12,20H,4,11,13H2,1-3H3. The minimum Gasteiger partial charge on any atom is -0.378 e.